The van der Waals surface area contributed by atoms with E-state index in [2.05, 4.69) is 25.8 Å². The Bertz CT molecular complexity index is 1110. The van der Waals surface area contributed by atoms with Crippen LogP contribution in [0.2, 0.25) is 0 Å². The second kappa shape index (κ2) is 9.60. The van der Waals surface area contributed by atoms with E-state index in [0.29, 0.717) is 17.0 Å². The van der Waals surface area contributed by atoms with Gasteiger partial charge in [0, 0.05) is 25.0 Å². The predicted octanol–water partition coefficient (Wildman–Crippen LogP) is 2.53. The third kappa shape index (κ3) is 5.20. The lowest BCUT2D eigenvalue weighted by Crippen LogP contribution is -2.37. The van der Waals surface area contributed by atoms with Crippen LogP contribution >= 0.6 is 11.8 Å². The molecule has 0 radical (unpaired) electrons. The highest BCUT2D eigenvalue weighted by atomic mass is 32.2. The topological polar surface area (TPSA) is 102 Å². The molecule has 1 atom stereocenters. The summed E-state index contributed by atoms with van der Waals surface area (Å²) in [5.74, 6) is -5.25. The Morgan fingerprint density at radius 3 is 2.52 bits per heavy atom. The van der Waals surface area contributed by atoms with Crippen molar-refractivity contribution in [1.82, 2.24) is 25.1 Å². The summed E-state index contributed by atoms with van der Waals surface area (Å²) in [5, 5.41) is 12.5. The quantitative estimate of drug-likeness (QED) is 0.424. The number of nitrogens with one attached hydrogen (secondary N) is 2. The second-order valence-corrected chi connectivity index (χ2v) is 7.66. The number of benzene rings is 1. The first-order valence-corrected chi connectivity index (χ1v) is 9.83. The normalized spacial score (nSPS) is 11.8. The van der Waals surface area contributed by atoms with E-state index in [9.17, 15) is 22.8 Å². The largest absolute Gasteiger partial charge is 0.346 e. The smallest absolute Gasteiger partial charge is 0.243 e. The van der Waals surface area contributed by atoms with Gasteiger partial charge in [-0.2, -0.15) is 0 Å². The Labute approximate surface area is 179 Å². The fourth-order valence-electron chi connectivity index (χ4n) is 2.51. The van der Waals surface area contributed by atoms with E-state index in [4.69, 9.17) is 0 Å². The number of thioether (sulfide) groups is 1. The van der Waals surface area contributed by atoms with Crippen molar-refractivity contribution in [1.29, 1.82) is 0 Å². The molecule has 12 heteroatoms. The highest BCUT2D eigenvalue weighted by molar-refractivity contribution is 8.00. The third-order valence-electron chi connectivity index (χ3n) is 4.16. The molecule has 8 nitrogen and oxygen atoms in total. The zero-order chi connectivity index (χ0) is 22.5. The predicted molar refractivity (Wildman–Crippen MR) is 108 cm³/mol. The van der Waals surface area contributed by atoms with Gasteiger partial charge in [0.2, 0.25) is 11.8 Å². The maximum Gasteiger partial charge on any atom is 0.243 e. The molecule has 0 bridgehead atoms. The number of nitrogens with zero attached hydrogens (tertiary/aromatic N) is 4. The lowest BCUT2D eigenvalue weighted by molar-refractivity contribution is -0.123. The Morgan fingerprint density at radius 2 is 1.81 bits per heavy atom. The Morgan fingerprint density at radius 1 is 1.10 bits per heavy atom. The van der Waals surface area contributed by atoms with E-state index in [-0.39, 0.29) is 0 Å². The average Bonchev–Trinajstić information content (AvgIpc) is 3.13. The first-order chi connectivity index (χ1) is 14.8. The van der Waals surface area contributed by atoms with E-state index < -0.39 is 46.7 Å². The van der Waals surface area contributed by atoms with Gasteiger partial charge in [0.25, 0.3) is 0 Å². The van der Waals surface area contributed by atoms with Crippen molar-refractivity contribution in [2.45, 2.75) is 17.3 Å². The van der Waals surface area contributed by atoms with Gasteiger partial charge in [0.05, 0.1) is 17.5 Å². The van der Waals surface area contributed by atoms with E-state index in [1.165, 1.54) is 0 Å². The van der Waals surface area contributed by atoms with Gasteiger partial charge >= 0.3 is 0 Å². The number of halogens is 3. The fourth-order valence-corrected chi connectivity index (χ4v) is 3.35. The molecular formula is C19H17F3N6O2S. The van der Waals surface area contributed by atoms with Crippen LogP contribution in [-0.4, -0.2) is 43.4 Å². The minimum absolute atomic E-state index is 0.473. The van der Waals surface area contributed by atoms with Gasteiger partial charge in [-0.15, -0.1) is 10.2 Å². The molecule has 0 aliphatic heterocycles. The molecule has 0 aliphatic carbocycles. The SMILES string of the molecule is C[C@H](Sc1nnc(-c2ccncc2)n1C)C(=O)NCC(=O)Nc1ccc(F)c(F)c1F. The maximum absolute atomic E-state index is 13.6. The molecule has 2 aromatic heterocycles. The first kappa shape index (κ1) is 22.3. The van der Waals surface area contributed by atoms with E-state index in [0.717, 1.165) is 23.4 Å². The van der Waals surface area contributed by atoms with Crippen molar-refractivity contribution in [3.8, 4) is 11.4 Å². The summed E-state index contributed by atoms with van der Waals surface area (Å²) in [6, 6.07) is 5.14. The van der Waals surface area contributed by atoms with Crippen LogP contribution in [0.3, 0.4) is 0 Å². The van der Waals surface area contributed by atoms with Gasteiger partial charge < -0.3 is 15.2 Å². The van der Waals surface area contributed by atoms with Crippen LogP contribution in [-0.2, 0) is 16.6 Å². The van der Waals surface area contributed by atoms with Crippen LogP contribution in [0.1, 0.15) is 6.92 Å². The van der Waals surface area contributed by atoms with Crippen molar-refractivity contribution < 1.29 is 22.8 Å². The van der Waals surface area contributed by atoms with Crippen LogP contribution in [0.4, 0.5) is 18.9 Å². The van der Waals surface area contributed by atoms with Gasteiger partial charge in [-0.25, -0.2) is 13.2 Å². The second-order valence-electron chi connectivity index (χ2n) is 6.35. The molecule has 2 heterocycles. The van der Waals surface area contributed by atoms with Crippen molar-refractivity contribution in [3.05, 3.63) is 54.1 Å². The molecule has 2 amide bonds. The van der Waals surface area contributed by atoms with Gasteiger partial charge in [0.1, 0.15) is 0 Å². The molecule has 0 saturated carbocycles. The standard InChI is InChI=1S/C19H17F3N6O2S/c1-10(31-19-27-26-17(28(19)2)11-5-7-23-8-6-11)18(30)24-9-14(29)25-13-4-3-12(20)15(21)16(13)22/h3-8,10H,9H2,1-2H3,(H,24,30)(H,25,29)/t10-/m0/s1. The number of pyridine rings is 1. The number of carbonyl (C=O) groups excluding carboxylic acids is 2. The Hall–Kier alpha value is -3.41. The van der Waals surface area contributed by atoms with Crippen LogP contribution < -0.4 is 10.6 Å². The van der Waals surface area contributed by atoms with Crippen LogP contribution in [0.25, 0.3) is 11.4 Å². The van der Waals surface area contributed by atoms with Gasteiger partial charge in [0.15, 0.2) is 28.4 Å². The van der Waals surface area contributed by atoms with Crippen LogP contribution in [0.15, 0.2) is 41.8 Å². The Balaban J connectivity index is 1.55. The maximum atomic E-state index is 13.6. The molecule has 3 aromatic rings. The lowest BCUT2D eigenvalue weighted by Gasteiger charge is -2.12. The highest BCUT2D eigenvalue weighted by Crippen LogP contribution is 2.25. The van der Waals surface area contributed by atoms with Crippen LogP contribution in [0, 0.1) is 17.5 Å². The monoisotopic (exact) mass is 450 g/mol. The summed E-state index contributed by atoms with van der Waals surface area (Å²) in [5.41, 5.74) is 0.290. The summed E-state index contributed by atoms with van der Waals surface area (Å²) in [4.78, 5) is 28.2. The summed E-state index contributed by atoms with van der Waals surface area (Å²) >= 11 is 1.13. The molecule has 0 spiro atoms. The Kier molecular flexibility index (Phi) is 6.90. The van der Waals surface area contributed by atoms with E-state index >= 15 is 0 Å². The van der Waals surface area contributed by atoms with Gasteiger partial charge in [-0.3, -0.25) is 14.6 Å². The van der Waals surface area contributed by atoms with Crippen molar-refractivity contribution >= 4 is 29.3 Å². The molecule has 2 N–H and O–H groups in total. The minimum Gasteiger partial charge on any atom is -0.346 e. The minimum atomic E-state index is -1.69. The zero-order valence-corrected chi connectivity index (χ0v) is 17.2. The first-order valence-electron chi connectivity index (χ1n) is 8.95. The number of aromatic nitrogens is 4. The number of amides is 2. The summed E-state index contributed by atoms with van der Waals surface area (Å²) in [6.45, 7) is 1.14. The average molecular weight is 450 g/mol. The van der Waals surface area contributed by atoms with Crippen molar-refractivity contribution in [2.24, 2.45) is 7.05 Å². The number of anilines is 1. The highest BCUT2D eigenvalue weighted by Gasteiger charge is 2.20. The molecular weight excluding hydrogens is 433 g/mol. The molecule has 0 unspecified atom stereocenters. The molecule has 0 fully saturated rings. The molecule has 1 aromatic carbocycles. The van der Waals surface area contributed by atoms with Crippen LogP contribution in [0.5, 0.6) is 0 Å². The van der Waals surface area contributed by atoms with Crippen molar-refractivity contribution in [3.63, 3.8) is 0 Å². The summed E-state index contributed by atoms with van der Waals surface area (Å²) in [7, 11) is 1.76. The van der Waals surface area contributed by atoms with Gasteiger partial charge in [-0.05, 0) is 31.2 Å². The summed E-state index contributed by atoms with van der Waals surface area (Å²) < 4.78 is 41.5. The summed E-state index contributed by atoms with van der Waals surface area (Å²) in [6.07, 6.45) is 3.26. The number of rotatable bonds is 7. The lowest BCUT2D eigenvalue weighted by atomic mass is 10.2. The number of hydrogen-bond acceptors (Lipinski definition) is 6. The number of hydrogen-bond donors (Lipinski definition) is 2. The molecule has 3 rings (SSSR count). The fraction of sp³-hybridized carbons (Fsp3) is 0.211. The number of carbonyl (C=O) groups is 2. The van der Waals surface area contributed by atoms with Crippen molar-refractivity contribution in [2.75, 3.05) is 11.9 Å². The third-order valence-corrected chi connectivity index (χ3v) is 5.29. The van der Waals surface area contributed by atoms with Gasteiger partial charge in [-0.1, -0.05) is 11.8 Å². The zero-order valence-electron chi connectivity index (χ0n) is 16.4. The molecule has 31 heavy (non-hydrogen) atoms. The molecule has 0 aliphatic rings. The molecule has 0 saturated heterocycles. The molecule has 162 valence electrons. The van der Waals surface area contributed by atoms with E-state index in [1.807, 2.05) is 0 Å². The van der Waals surface area contributed by atoms with E-state index in [1.54, 1.807) is 43.1 Å².